The number of hydrogen-bond acceptors (Lipinski definition) is 4. The number of alkyl carbamates (subject to hydrolysis) is 1. The van der Waals surface area contributed by atoms with Crippen molar-refractivity contribution in [3.05, 3.63) is 12.7 Å². The van der Waals surface area contributed by atoms with Crippen LogP contribution >= 0.6 is 0 Å². The molecule has 2 N–H and O–H groups in total. The van der Waals surface area contributed by atoms with Crippen molar-refractivity contribution >= 4 is 12.0 Å². The molecule has 0 aromatic rings. The first kappa shape index (κ1) is 20.5. The number of ether oxygens (including phenoxy) is 1. The molecule has 0 unspecified atom stereocenters. The number of unbranched alkanes of at least 4 members (excludes halogenated alkanes) is 3. The van der Waals surface area contributed by atoms with Gasteiger partial charge < -0.3 is 20.1 Å². The van der Waals surface area contributed by atoms with E-state index in [9.17, 15) is 14.7 Å². The highest BCUT2D eigenvalue weighted by molar-refractivity contribution is 5.86. The molecule has 138 valence electrons. The number of β-amino-alcohol motifs (C(OH)–C–C–N with tert-alkyl or cyclic N) is 1. The lowest BCUT2D eigenvalue weighted by Gasteiger charge is -2.26. The Morgan fingerprint density at radius 1 is 1.38 bits per heavy atom. The smallest absolute Gasteiger partial charge is 0.408 e. The maximum atomic E-state index is 12.6. The molecular formula is C18H32N2O4. The number of nitrogens with one attached hydrogen (secondary N) is 1. The SMILES string of the molecule is C=CCCCCC[C@H](NC(=O)OC(C)(C)C)C(=O)N1CC[C@@H](O)C1. The van der Waals surface area contributed by atoms with Crippen molar-refractivity contribution in [2.75, 3.05) is 13.1 Å². The Morgan fingerprint density at radius 3 is 2.62 bits per heavy atom. The van der Waals surface area contributed by atoms with Gasteiger partial charge in [-0.05, 0) is 46.5 Å². The molecule has 2 amide bonds. The molecule has 1 rings (SSSR count). The summed E-state index contributed by atoms with van der Waals surface area (Å²) in [7, 11) is 0. The third-order valence-electron chi connectivity index (χ3n) is 3.87. The fraction of sp³-hybridized carbons (Fsp3) is 0.778. The third-order valence-corrected chi connectivity index (χ3v) is 3.87. The number of amides is 2. The van der Waals surface area contributed by atoms with Gasteiger partial charge >= 0.3 is 6.09 Å². The fourth-order valence-corrected chi connectivity index (χ4v) is 2.68. The van der Waals surface area contributed by atoms with E-state index in [1.165, 1.54) is 0 Å². The van der Waals surface area contributed by atoms with Crippen molar-refractivity contribution in [2.45, 2.75) is 77.0 Å². The van der Waals surface area contributed by atoms with E-state index in [1.807, 2.05) is 6.08 Å². The number of aliphatic hydroxyl groups excluding tert-OH is 1. The molecule has 6 heteroatoms. The summed E-state index contributed by atoms with van der Waals surface area (Å²) in [6.45, 7) is 9.92. The number of likely N-dealkylation sites (tertiary alicyclic amines) is 1. The van der Waals surface area contributed by atoms with Crippen LogP contribution in [0.2, 0.25) is 0 Å². The largest absolute Gasteiger partial charge is 0.444 e. The van der Waals surface area contributed by atoms with Gasteiger partial charge in [-0.3, -0.25) is 4.79 Å². The van der Waals surface area contributed by atoms with E-state index < -0.39 is 23.8 Å². The number of nitrogens with zero attached hydrogens (tertiary/aromatic N) is 1. The molecule has 1 aliphatic heterocycles. The minimum Gasteiger partial charge on any atom is -0.444 e. The molecule has 0 spiro atoms. The highest BCUT2D eigenvalue weighted by Crippen LogP contribution is 2.15. The Balaban J connectivity index is 2.59. The topological polar surface area (TPSA) is 78.9 Å². The van der Waals surface area contributed by atoms with Crippen molar-refractivity contribution in [3.63, 3.8) is 0 Å². The maximum Gasteiger partial charge on any atom is 0.408 e. The summed E-state index contributed by atoms with van der Waals surface area (Å²) in [6, 6.07) is -0.603. The predicted octanol–water partition coefficient (Wildman–Crippen LogP) is 2.61. The van der Waals surface area contributed by atoms with Crippen LogP contribution in [0.15, 0.2) is 12.7 Å². The highest BCUT2D eigenvalue weighted by atomic mass is 16.6. The van der Waals surface area contributed by atoms with Crippen LogP contribution < -0.4 is 5.32 Å². The van der Waals surface area contributed by atoms with E-state index >= 15 is 0 Å². The Bertz CT molecular complexity index is 431. The van der Waals surface area contributed by atoms with Crippen molar-refractivity contribution in [1.29, 1.82) is 0 Å². The number of rotatable bonds is 8. The summed E-state index contributed by atoms with van der Waals surface area (Å²) in [4.78, 5) is 26.3. The van der Waals surface area contributed by atoms with Gasteiger partial charge in [0.25, 0.3) is 0 Å². The monoisotopic (exact) mass is 340 g/mol. The minimum atomic E-state index is -0.606. The Morgan fingerprint density at radius 2 is 2.08 bits per heavy atom. The van der Waals surface area contributed by atoms with Crippen LogP contribution in [0.1, 0.15) is 59.3 Å². The molecule has 2 atom stereocenters. The van der Waals surface area contributed by atoms with Crippen LogP contribution in [0, 0.1) is 0 Å². The van der Waals surface area contributed by atoms with E-state index in [1.54, 1.807) is 25.7 Å². The zero-order chi connectivity index (χ0) is 18.2. The van der Waals surface area contributed by atoms with Crippen LogP contribution in [-0.4, -0.2) is 52.8 Å². The lowest BCUT2D eigenvalue weighted by atomic mass is 10.1. The zero-order valence-electron chi connectivity index (χ0n) is 15.2. The van der Waals surface area contributed by atoms with Crippen LogP contribution in [0.3, 0.4) is 0 Å². The number of hydrogen-bond donors (Lipinski definition) is 2. The predicted molar refractivity (Wildman–Crippen MR) is 93.6 cm³/mol. The van der Waals surface area contributed by atoms with Gasteiger partial charge in [0.05, 0.1) is 6.10 Å². The van der Waals surface area contributed by atoms with Gasteiger partial charge in [0.2, 0.25) is 5.91 Å². The lowest BCUT2D eigenvalue weighted by Crippen LogP contribution is -2.49. The molecule has 0 aliphatic carbocycles. The summed E-state index contributed by atoms with van der Waals surface area (Å²) in [6.07, 6.45) is 5.80. The molecule has 1 fully saturated rings. The number of carbonyl (C=O) groups excluding carboxylic acids is 2. The molecule has 1 heterocycles. The quantitative estimate of drug-likeness (QED) is 0.526. The Hall–Kier alpha value is -1.56. The first-order valence-corrected chi connectivity index (χ1v) is 8.80. The van der Waals surface area contributed by atoms with E-state index in [-0.39, 0.29) is 5.91 Å². The van der Waals surface area contributed by atoms with Gasteiger partial charge in [0.15, 0.2) is 0 Å². The number of allylic oxidation sites excluding steroid dienone is 1. The van der Waals surface area contributed by atoms with Crippen LogP contribution in [0.25, 0.3) is 0 Å². The zero-order valence-corrected chi connectivity index (χ0v) is 15.2. The molecular weight excluding hydrogens is 308 g/mol. The van der Waals surface area contributed by atoms with Crippen molar-refractivity contribution < 1.29 is 19.4 Å². The van der Waals surface area contributed by atoms with E-state index in [2.05, 4.69) is 11.9 Å². The molecule has 0 aromatic heterocycles. The first-order chi connectivity index (χ1) is 11.2. The van der Waals surface area contributed by atoms with E-state index in [0.29, 0.717) is 25.9 Å². The number of aliphatic hydroxyl groups is 1. The van der Waals surface area contributed by atoms with Gasteiger partial charge in [-0.1, -0.05) is 18.9 Å². The highest BCUT2D eigenvalue weighted by Gasteiger charge is 2.31. The molecule has 1 aliphatic rings. The summed E-state index contributed by atoms with van der Waals surface area (Å²) in [5.41, 5.74) is -0.606. The summed E-state index contributed by atoms with van der Waals surface area (Å²) >= 11 is 0. The van der Waals surface area contributed by atoms with Gasteiger partial charge in [-0.25, -0.2) is 4.79 Å². The van der Waals surface area contributed by atoms with Crippen LogP contribution in [0.4, 0.5) is 4.79 Å². The molecule has 0 aromatic carbocycles. The standard InChI is InChI=1S/C18H32N2O4/c1-5-6-7-8-9-10-15(19-17(23)24-18(2,3)4)16(22)20-12-11-14(21)13-20/h5,14-15,21H,1,6-13H2,2-4H3,(H,19,23)/t14-,15+/m1/s1. The fourth-order valence-electron chi connectivity index (χ4n) is 2.68. The van der Waals surface area contributed by atoms with Crippen LogP contribution in [-0.2, 0) is 9.53 Å². The third kappa shape index (κ3) is 7.81. The summed E-state index contributed by atoms with van der Waals surface area (Å²) < 4.78 is 5.26. The summed E-state index contributed by atoms with van der Waals surface area (Å²) in [5, 5.41) is 12.3. The number of carbonyl (C=O) groups is 2. The normalized spacial score (nSPS) is 19.0. The molecule has 0 saturated carbocycles. The van der Waals surface area contributed by atoms with E-state index in [4.69, 9.17) is 4.74 Å². The van der Waals surface area contributed by atoms with Gasteiger partial charge in [0, 0.05) is 13.1 Å². The molecule has 0 radical (unpaired) electrons. The van der Waals surface area contributed by atoms with Gasteiger partial charge in [-0.15, -0.1) is 6.58 Å². The second-order valence-electron chi connectivity index (χ2n) is 7.35. The average Bonchev–Trinajstić information content (AvgIpc) is 2.89. The Kier molecular flexibility index (Phi) is 8.25. The van der Waals surface area contributed by atoms with Gasteiger partial charge in [-0.2, -0.15) is 0 Å². The van der Waals surface area contributed by atoms with Crippen molar-refractivity contribution in [1.82, 2.24) is 10.2 Å². The van der Waals surface area contributed by atoms with E-state index in [0.717, 1.165) is 25.7 Å². The Labute approximate surface area is 145 Å². The molecule has 24 heavy (non-hydrogen) atoms. The van der Waals surface area contributed by atoms with Gasteiger partial charge in [0.1, 0.15) is 11.6 Å². The van der Waals surface area contributed by atoms with Crippen LogP contribution in [0.5, 0.6) is 0 Å². The molecule has 1 saturated heterocycles. The lowest BCUT2D eigenvalue weighted by molar-refractivity contribution is -0.133. The van der Waals surface area contributed by atoms with Crippen molar-refractivity contribution in [2.24, 2.45) is 0 Å². The summed E-state index contributed by atoms with van der Waals surface area (Å²) in [5.74, 6) is -0.138. The minimum absolute atomic E-state index is 0.138. The van der Waals surface area contributed by atoms with Crippen molar-refractivity contribution in [3.8, 4) is 0 Å². The second kappa shape index (κ2) is 9.67. The molecule has 6 nitrogen and oxygen atoms in total. The first-order valence-electron chi connectivity index (χ1n) is 8.80. The maximum absolute atomic E-state index is 12.6. The molecule has 0 bridgehead atoms. The average molecular weight is 340 g/mol. The second-order valence-corrected chi connectivity index (χ2v) is 7.35.